The van der Waals surface area contributed by atoms with Gasteiger partial charge in [-0.05, 0) is 12.1 Å². The Hall–Kier alpha value is -0.830. The number of carbonyl (C=O) groups is 1. The van der Waals surface area contributed by atoms with E-state index in [4.69, 9.17) is 5.73 Å². The van der Waals surface area contributed by atoms with Crippen LogP contribution in [0.2, 0.25) is 0 Å². The standard InChI is InChI=1S/C3H5NO.C3H9N/c1-2-3(4)5;1-3(2)4/h2H,1H2,(H2,4,5);3H,4H2,1-2H3. The highest BCUT2D eigenvalue weighted by Gasteiger charge is 1.69. The van der Waals surface area contributed by atoms with Crippen LogP contribution in [0.1, 0.15) is 13.8 Å². The van der Waals surface area contributed by atoms with Gasteiger partial charge in [-0.25, -0.2) is 0 Å². The molecular weight excluding hydrogens is 116 g/mol. The summed E-state index contributed by atoms with van der Waals surface area (Å²) in [4.78, 5) is 9.47. The van der Waals surface area contributed by atoms with E-state index in [-0.39, 0.29) is 0 Å². The van der Waals surface area contributed by atoms with Crippen molar-refractivity contribution in [3.05, 3.63) is 12.7 Å². The van der Waals surface area contributed by atoms with Crippen LogP contribution in [0.15, 0.2) is 12.7 Å². The van der Waals surface area contributed by atoms with Gasteiger partial charge in [0.05, 0.1) is 0 Å². The average Bonchev–Trinajstić information content (AvgIpc) is 1.65. The van der Waals surface area contributed by atoms with Gasteiger partial charge in [-0.3, -0.25) is 4.79 Å². The predicted molar refractivity (Wildman–Crippen MR) is 38.7 cm³/mol. The number of nitrogens with two attached hydrogens (primary N) is 2. The number of hydrogen-bond acceptors (Lipinski definition) is 2. The van der Waals surface area contributed by atoms with Gasteiger partial charge in [0.2, 0.25) is 5.91 Å². The summed E-state index contributed by atoms with van der Waals surface area (Å²) in [5.74, 6) is -0.481. The average molecular weight is 130 g/mol. The number of rotatable bonds is 1. The van der Waals surface area contributed by atoms with E-state index in [1.807, 2.05) is 13.8 Å². The Morgan fingerprint density at radius 1 is 1.67 bits per heavy atom. The Bertz CT molecular complexity index is 86.3. The van der Waals surface area contributed by atoms with Gasteiger partial charge in [0.1, 0.15) is 0 Å². The zero-order valence-electron chi connectivity index (χ0n) is 5.92. The highest BCUT2D eigenvalue weighted by Crippen LogP contribution is 1.58. The van der Waals surface area contributed by atoms with E-state index in [2.05, 4.69) is 12.3 Å². The lowest BCUT2D eigenvalue weighted by molar-refractivity contribution is -0.113. The maximum Gasteiger partial charge on any atom is 0.240 e. The molecule has 0 aliphatic heterocycles. The molecule has 0 spiro atoms. The fourth-order valence-corrected chi connectivity index (χ4v) is 0. The van der Waals surface area contributed by atoms with Crippen molar-refractivity contribution in [1.82, 2.24) is 0 Å². The van der Waals surface area contributed by atoms with Crippen LogP contribution in [0.25, 0.3) is 0 Å². The molecule has 0 rings (SSSR count). The van der Waals surface area contributed by atoms with E-state index in [1.165, 1.54) is 0 Å². The van der Waals surface area contributed by atoms with Crippen molar-refractivity contribution in [2.75, 3.05) is 0 Å². The first-order valence-corrected chi connectivity index (χ1v) is 2.68. The van der Waals surface area contributed by atoms with Gasteiger partial charge in [0.15, 0.2) is 0 Å². The molecule has 0 fully saturated rings. The van der Waals surface area contributed by atoms with Crippen LogP contribution in [-0.2, 0) is 4.79 Å². The van der Waals surface area contributed by atoms with Crippen molar-refractivity contribution in [2.45, 2.75) is 19.9 Å². The summed E-state index contributed by atoms with van der Waals surface area (Å²) in [6.45, 7) is 6.97. The van der Waals surface area contributed by atoms with Crippen LogP contribution in [0.4, 0.5) is 0 Å². The van der Waals surface area contributed by atoms with Gasteiger partial charge in [-0.15, -0.1) is 0 Å². The lowest BCUT2D eigenvalue weighted by atomic mass is 10.5. The van der Waals surface area contributed by atoms with Gasteiger partial charge in [0, 0.05) is 0 Å². The third-order valence-electron chi connectivity index (χ3n) is 0.201. The summed E-state index contributed by atoms with van der Waals surface area (Å²) in [6.07, 6.45) is 1.06. The van der Waals surface area contributed by atoms with E-state index in [9.17, 15) is 4.79 Å². The summed E-state index contributed by atoms with van der Waals surface area (Å²) in [5.41, 5.74) is 9.65. The molecule has 0 saturated carbocycles. The Labute approximate surface area is 55.7 Å². The molecule has 0 aromatic heterocycles. The number of primary amides is 1. The maximum absolute atomic E-state index is 9.47. The molecule has 0 unspecified atom stereocenters. The Balaban J connectivity index is 0. The molecule has 0 bridgehead atoms. The van der Waals surface area contributed by atoms with Crippen LogP contribution in [0.5, 0.6) is 0 Å². The molecule has 1 amide bonds. The minimum absolute atomic E-state index is 0.333. The van der Waals surface area contributed by atoms with Crippen LogP contribution >= 0.6 is 0 Å². The topological polar surface area (TPSA) is 69.1 Å². The van der Waals surface area contributed by atoms with Crippen LogP contribution in [0, 0.1) is 0 Å². The van der Waals surface area contributed by atoms with Gasteiger partial charge in [-0.2, -0.15) is 0 Å². The molecule has 4 N–H and O–H groups in total. The van der Waals surface area contributed by atoms with E-state index in [0.717, 1.165) is 6.08 Å². The molecule has 9 heavy (non-hydrogen) atoms. The third-order valence-corrected chi connectivity index (χ3v) is 0.201. The van der Waals surface area contributed by atoms with Crippen molar-refractivity contribution in [1.29, 1.82) is 0 Å². The first-order chi connectivity index (χ1) is 4.00. The van der Waals surface area contributed by atoms with Crippen molar-refractivity contribution in [3.8, 4) is 0 Å². The minimum Gasteiger partial charge on any atom is -0.366 e. The minimum atomic E-state index is -0.481. The number of hydrogen-bond donors (Lipinski definition) is 2. The summed E-state index contributed by atoms with van der Waals surface area (Å²) >= 11 is 0. The zero-order valence-corrected chi connectivity index (χ0v) is 5.92. The van der Waals surface area contributed by atoms with Crippen molar-refractivity contribution in [2.24, 2.45) is 11.5 Å². The summed E-state index contributed by atoms with van der Waals surface area (Å²) in [6, 6.07) is 0.333. The Morgan fingerprint density at radius 2 is 1.78 bits per heavy atom. The molecule has 3 heteroatoms. The molecule has 0 aliphatic rings. The lowest BCUT2D eigenvalue weighted by Gasteiger charge is -1.81. The SMILES string of the molecule is C=CC(N)=O.CC(C)N. The van der Waals surface area contributed by atoms with E-state index in [0.29, 0.717) is 6.04 Å². The highest BCUT2D eigenvalue weighted by molar-refractivity contribution is 5.84. The van der Waals surface area contributed by atoms with Gasteiger partial charge in [0.25, 0.3) is 0 Å². The summed E-state index contributed by atoms with van der Waals surface area (Å²) in [7, 11) is 0. The Morgan fingerprint density at radius 3 is 1.78 bits per heavy atom. The Kier molecular flexibility index (Phi) is 8.79. The molecule has 0 atom stereocenters. The second-order valence-electron chi connectivity index (χ2n) is 1.85. The first kappa shape index (κ1) is 11.0. The normalized spacial score (nSPS) is 7.56. The quantitative estimate of drug-likeness (QED) is 0.491. The van der Waals surface area contributed by atoms with Crippen LogP contribution in [0.3, 0.4) is 0 Å². The van der Waals surface area contributed by atoms with E-state index >= 15 is 0 Å². The fraction of sp³-hybridized carbons (Fsp3) is 0.500. The van der Waals surface area contributed by atoms with Crippen LogP contribution in [-0.4, -0.2) is 11.9 Å². The third kappa shape index (κ3) is 140. The van der Waals surface area contributed by atoms with Gasteiger partial charge in [-0.1, -0.05) is 20.4 Å². The molecule has 0 aromatic rings. The first-order valence-electron chi connectivity index (χ1n) is 2.68. The van der Waals surface area contributed by atoms with Crippen molar-refractivity contribution in [3.63, 3.8) is 0 Å². The van der Waals surface area contributed by atoms with Gasteiger partial charge < -0.3 is 11.5 Å². The zero-order chi connectivity index (χ0) is 7.86. The summed E-state index contributed by atoms with van der Waals surface area (Å²) in [5, 5.41) is 0. The molecule has 0 radical (unpaired) electrons. The smallest absolute Gasteiger partial charge is 0.240 e. The second-order valence-corrected chi connectivity index (χ2v) is 1.85. The molecule has 0 aliphatic carbocycles. The largest absolute Gasteiger partial charge is 0.366 e. The van der Waals surface area contributed by atoms with Crippen molar-refractivity contribution < 1.29 is 4.79 Å². The molecule has 54 valence electrons. The molecular formula is C6H14N2O. The van der Waals surface area contributed by atoms with E-state index in [1.54, 1.807) is 0 Å². The highest BCUT2D eigenvalue weighted by atomic mass is 16.1. The van der Waals surface area contributed by atoms with Crippen LogP contribution < -0.4 is 11.5 Å². The number of amides is 1. The molecule has 0 heterocycles. The molecule has 3 nitrogen and oxygen atoms in total. The summed E-state index contributed by atoms with van der Waals surface area (Å²) < 4.78 is 0. The predicted octanol–water partition coefficient (Wildman–Crippen LogP) is 0.0112. The molecule has 0 aromatic carbocycles. The number of carbonyl (C=O) groups excluding carboxylic acids is 1. The van der Waals surface area contributed by atoms with Crippen molar-refractivity contribution >= 4 is 5.91 Å². The van der Waals surface area contributed by atoms with E-state index < -0.39 is 5.91 Å². The second kappa shape index (κ2) is 7.17. The fourth-order valence-electron chi connectivity index (χ4n) is 0. The maximum atomic E-state index is 9.47. The van der Waals surface area contributed by atoms with Gasteiger partial charge >= 0.3 is 0 Å². The monoisotopic (exact) mass is 130 g/mol. The lowest BCUT2D eigenvalue weighted by Crippen LogP contribution is -2.06. The molecule has 0 saturated heterocycles.